The Morgan fingerprint density at radius 3 is 2.36 bits per heavy atom. The number of carbonyl (C=O) groups is 1. The lowest BCUT2D eigenvalue weighted by atomic mass is 9.91. The summed E-state index contributed by atoms with van der Waals surface area (Å²) in [4.78, 5) is 22.7. The van der Waals surface area contributed by atoms with Crippen LogP contribution in [0.5, 0.6) is 0 Å². The van der Waals surface area contributed by atoms with Crippen molar-refractivity contribution >= 4 is 28.6 Å². The highest BCUT2D eigenvalue weighted by Crippen LogP contribution is 2.42. The van der Waals surface area contributed by atoms with Crippen LogP contribution in [0, 0.1) is 20.8 Å². The first-order valence-electron chi connectivity index (χ1n) is 11.9. The number of aryl methyl sites for hydroxylation is 2. The van der Waals surface area contributed by atoms with Crippen molar-refractivity contribution in [3.63, 3.8) is 0 Å². The van der Waals surface area contributed by atoms with E-state index in [2.05, 4.69) is 23.4 Å². The molecule has 4 aromatic rings. The van der Waals surface area contributed by atoms with Crippen LogP contribution in [-0.2, 0) is 20.8 Å². The van der Waals surface area contributed by atoms with E-state index in [1.165, 1.54) is 7.11 Å². The van der Waals surface area contributed by atoms with Crippen LogP contribution < -0.4 is 0 Å². The summed E-state index contributed by atoms with van der Waals surface area (Å²) in [6.07, 6.45) is 0.848. The second-order valence-corrected chi connectivity index (χ2v) is 10.4. The van der Waals surface area contributed by atoms with Crippen molar-refractivity contribution in [3.8, 4) is 11.1 Å². The highest BCUT2D eigenvalue weighted by Gasteiger charge is 2.34. The fraction of sp³-hybridized carbons (Fsp3) is 0.345. The van der Waals surface area contributed by atoms with Crippen LogP contribution in [0.25, 0.3) is 22.2 Å². The molecule has 3 aromatic heterocycles. The Labute approximate surface area is 217 Å². The van der Waals surface area contributed by atoms with E-state index in [-0.39, 0.29) is 0 Å². The van der Waals surface area contributed by atoms with Crippen LogP contribution in [0.15, 0.2) is 48.7 Å². The van der Waals surface area contributed by atoms with Gasteiger partial charge in [-0.1, -0.05) is 29.8 Å². The van der Waals surface area contributed by atoms with Gasteiger partial charge in [0.2, 0.25) is 0 Å². The monoisotopic (exact) mass is 505 g/mol. The SMILES string of the molecule is COC(=O)C(OC(C)(C)C)c1c(C)nc2c(c(C)c(C)n2Cc2ccccn2)c1-c1ccc(Cl)cc1. The number of pyridine rings is 2. The highest BCUT2D eigenvalue weighted by atomic mass is 35.5. The van der Waals surface area contributed by atoms with Crippen molar-refractivity contribution in [1.29, 1.82) is 0 Å². The van der Waals surface area contributed by atoms with Crippen molar-refractivity contribution < 1.29 is 14.3 Å². The lowest BCUT2D eigenvalue weighted by Crippen LogP contribution is -2.29. The van der Waals surface area contributed by atoms with E-state index in [0.29, 0.717) is 22.8 Å². The molecule has 6 nitrogen and oxygen atoms in total. The largest absolute Gasteiger partial charge is 0.467 e. The predicted molar refractivity (Wildman–Crippen MR) is 143 cm³/mol. The summed E-state index contributed by atoms with van der Waals surface area (Å²) in [7, 11) is 1.38. The molecule has 0 aliphatic rings. The highest BCUT2D eigenvalue weighted by molar-refractivity contribution is 6.30. The Bertz CT molecular complexity index is 1400. The minimum Gasteiger partial charge on any atom is -0.467 e. The van der Waals surface area contributed by atoms with Gasteiger partial charge < -0.3 is 14.0 Å². The second-order valence-electron chi connectivity index (χ2n) is 9.94. The maximum absolute atomic E-state index is 13.1. The Morgan fingerprint density at radius 2 is 1.78 bits per heavy atom. The molecule has 7 heteroatoms. The van der Waals surface area contributed by atoms with E-state index in [1.54, 1.807) is 6.20 Å². The number of benzene rings is 1. The summed E-state index contributed by atoms with van der Waals surface area (Å²) in [5.74, 6) is -0.466. The zero-order chi connectivity index (χ0) is 26.2. The van der Waals surface area contributed by atoms with Gasteiger partial charge in [0.25, 0.3) is 0 Å². The van der Waals surface area contributed by atoms with E-state index in [1.807, 2.05) is 70.2 Å². The molecule has 0 fully saturated rings. The number of hydrogen-bond acceptors (Lipinski definition) is 5. The van der Waals surface area contributed by atoms with Crippen molar-refractivity contribution in [3.05, 3.63) is 81.9 Å². The maximum atomic E-state index is 13.1. The molecule has 0 spiro atoms. The fourth-order valence-corrected chi connectivity index (χ4v) is 4.69. The van der Waals surface area contributed by atoms with E-state index in [9.17, 15) is 4.79 Å². The van der Waals surface area contributed by atoms with E-state index in [4.69, 9.17) is 26.1 Å². The predicted octanol–water partition coefficient (Wildman–Crippen LogP) is 6.75. The smallest absolute Gasteiger partial charge is 0.339 e. The van der Waals surface area contributed by atoms with Gasteiger partial charge in [-0.15, -0.1) is 0 Å². The topological polar surface area (TPSA) is 66.2 Å². The minimum absolute atomic E-state index is 0.466. The van der Waals surface area contributed by atoms with Gasteiger partial charge in [0.15, 0.2) is 6.10 Å². The maximum Gasteiger partial charge on any atom is 0.339 e. The number of nitrogens with zero attached hydrogens (tertiary/aromatic N) is 3. The third-order valence-corrected chi connectivity index (χ3v) is 6.56. The molecule has 0 bridgehead atoms. The van der Waals surface area contributed by atoms with Crippen molar-refractivity contribution in [1.82, 2.24) is 14.5 Å². The third-order valence-electron chi connectivity index (χ3n) is 6.31. The number of ether oxygens (including phenoxy) is 2. The van der Waals surface area contributed by atoms with Gasteiger partial charge in [0, 0.05) is 39.1 Å². The van der Waals surface area contributed by atoms with Crippen LogP contribution in [-0.4, -0.2) is 33.2 Å². The van der Waals surface area contributed by atoms with Crippen molar-refractivity contribution in [2.75, 3.05) is 7.11 Å². The summed E-state index contributed by atoms with van der Waals surface area (Å²) >= 11 is 6.24. The summed E-state index contributed by atoms with van der Waals surface area (Å²) in [5, 5.41) is 1.61. The molecule has 0 saturated heterocycles. The van der Waals surface area contributed by atoms with Crippen LogP contribution in [0.3, 0.4) is 0 Å². The molecule has 0 aliphatic carbocycles. The van der Waals surface area contributed by atoms with Gasteiger partial charge in [-0.2, -0.15) is 0 Å². The molecular weight excluding hydrogens is 474 g/mol. The Morgan fingerprint density at radius 1 is 1.08 bits per heavy atom. The summed E-state index contributed by atoms with van der Waals surface area (Å²) in [6.45, 7) is 12.4. The van der Waals surface area contributed by atoms with E-state index in [0.717, 1.165) is 39.1 Å². The molecule has 1 atom stereocenters. The number of rotatable bonds is 6. The Balaban J connectivity index is 2.08. The number of hydrogen-bond donors (Lipinski definition) is 0. The fourth-order valence-electron chi connectivity index (χ4n) is 4.56. The molecule has 0 N–H and O–H groups in total. The average molecular weight is 506 g/mol. The first-order chi connectivity index (χ1) is 17.0. The molecule has 3 heterocycles. The van der Waals surface area contributed by atoms with Gasteiger partial charge in [-0.05, 0) is 76.9 Å². The molecule has 36 heavy (non-hydrogen) atoms. The number of esters is 1. The molecule has 0 radical (unpaired) electrons. The number of aromatic nitrogens is 3. The van der Waals surface area contributed by atoms with Gasteiger partial charge in [-0.25, -0.2) is 9.78 Å². The first-order valence-corrected chi connectivity index (χ1v) is 12.3. The Kier molecular flexibility index (Phi) is 7.21. The molecule has 188 valence electrons. The normalized spacial score (nSPS) is 12.7. The molecule has 0 aliphatic heterocycles. The van der Waals surface area contributed by atoms with Crippen molar-refractivity contribution in [2.45, 2.75) is 59.8 Å². The third kappa shape index (κ3) is 5.01. The van der Waals surface area contributed by atoms with Gasteiger partial charge in [0.1, 0.15) is 5.65 Å². The molecule has 1 unspecified atom stereocenters. The molecule has 0 amide bonds. The van der Waals surface area contributed by atoms with Gasteiger partial charge in [0.05, 0.1) is 24.9 Å². The standard InChI is InChI=1S/C29H32ClN3O3/c1-17-19(3)33(16-22-10-8-9-15-31-22)27-23(17)25(20-11-13-21(30)14-12-20)24(18(2)32-27)26(28(34)35-7)36-29(4,5)6/h8-15,26H,16H2,1-7H3. The Hall–Kier alpha value is -3.22. The quantitative estimate of drug-likeness (QED) is 0.271. The van der Waals surface area contributed by atoms with E-state index < -0.39 is 17.7 Å². The number of methoxy groups -OCH3 is 1. The van der Waals surface area contributed by atoms with Crippen LogP contribution in [0.4, 0.5) is 0 Å². The number of carbonyl (C=O) groups excluding carboxylic acids is 1. The van der Waals surface area contributed by atoms with Crippen molar-refractivity contribution in [2.24, 2.45) is 0 Å². The van der Waals surface area contributed by atoms with Crippen LogP contribution >= 0.6 is 11.6 Å². The lowest BCUT2D eigenvalue weighted by molar-refractivity contribution is -0.164. The molecule has 0 saturated carbocycles. The van der Waals surface area contributed by atoms with Gasteiger partial charge in [-0.3, -0.25) is 4.98 Å². The average Bonchev–Trinajstić information content (AvgIpc) is 3.06. The first kappa shape index (κ1) is 25.9. The molecular formula is C29H32ClN3O3. The summed E-state index contributed by atoms with van der Waals surface area (Å²) < 4.78 is 13.7. The van der Waals surface area contributed by atoms with E-state index >= 15 is 0 Å². The second kappa shape index (κ2) is 10.0. The zero-order valence-electron chi connectivity index (χ0n) is 21.8. The number of halogens is 1. The lowest BCUT2D eigenvalue weighted by Gasteiger charge is -2.28. The van der Waals surface area contributed by atoms with Crippen LogP contribution in [0.1, 0.15) is 55.1 Å². The summed E-state index contributed by atoms with van der Waals surface area (Å²) in [5.41, 5.74) is 6.58. The minimum atomic E-state index is -0.948. The molecule has 1 aromatic carbocycles. The zero-order valence-corrected chi connectivity index (χ0v) is 22.6. The molecule has 4 rings (SSSR count). The van der Waals surface area contributed by atoms with Gasteiger partial charge >= 0.3 is 5.97 Å². The summed E-state index contributed by atoms with van der Waals surface area (Å²) in [6, 6.07) is 13.5. The number of fused-ring (bicyclic) bond motifs is 1. The van der Waals surface area contributed by atoms with Crippen LogP contribution in [0.2, 0.25) is 5.02 Å².